The Labute approximate surface area is 166 Å². The Balaban J connectivity index is 1.68. The number of anilines is 1. The number of nitrogens with one attached hydrogen (secondary N) is 1. The van der Waals surface area contributed by atoms with Gasteiger partial charge in [0.25, 0.3) is 5.91 Å². The molecule has 2 heterocycles. The first-order valence-electron chi connectivity index (χ1n) is 8.53. The molecule has 0 unspecified atom stereocenters. The standard InChI is InChI=1S/C21H18ClN3OS/c1-12-4-9-16(10-13(12)2)23-20(26)18-11-17-19(24-25(3)21(17)27-18)14-5-7-15(22)8-6-14/h4-11H,1-3H3,(H,23,26). The van der Waals surface area contributed by atoms with Crippen LogP contribution in [0.15, 0.2) is 48.5 Å². The summed E-state index contributed by atoms with van der Waals surface area (Å²) in [6.07, 6.45) is 0. The molecular formula is C21H18ClN3OS. The molecule has 0 fully saturated rings. The summed E-state index contributed by atoms with van der Waals surface area (Å²) in [5.41, 5.74) is 4.98. The first-order chi connectivity index (χ1) is 12.9. The van der Waals surface area contributed by atoms with Crippen LogP contribution in [0, 0.1) is 13.8 Å². The van der Waals surface area contributed by atoms with Gasteiger partial charge >= 0.3 is 0 Å². The molecule has 1 N–H and O–H groups in total. The molecule has 0 saturated carbocycles. The summed E-state index contributed by atoms with van der Waals surface area (Å²) in [5.74, 6) is -0.110. The fraction of sp³-hybridized carbons (Fsp3) is 0.143. The molecule has 0 spiro atoms. The lowest BCUT2D eigenvalue weighted by Gasteiger charge is -2.06. The Kier molecular flexibility index (Phi) is 4.50. The predicted molar refractivity (Wildman–Crippen MR) is 113 cm³/mol. The monoisotopic (exact) mass is 395 g/mol. The average Bonchev–Trinajstić information content (AvgIpc) is 3.20. The third kappa shape index (κ3) is 3.36. The van der Waals surface area contributed by atoms with Crippen molar-refractivity contribution in [2.24, 2.45) is 7.05 Å². The van der Waals surface area contributed by atoms with E-state index >= 15 is 0 Å². The van der Waals surface area contributed by atoms with Crippen molar-refractivity contribution in [3.8, 4) is 11.3 Å². The summed E-state index contributed by atoms with van der Waals surface area (Å²) in [6, 6.07) is 15.4. The summed E-state index contributed by atoms with van der Waals surface area (Å²) in [4.78, 5) is 14.4. The first-order valence-corrected chi connectivity index (χ1v) is 9.73. The Hall–Kier alpha value is -2.63. The van der Waals surface area contributed by atoms with Crippen molar-refractivity contribution < 1.29 is 4.79 Å². The Bertz CT molecular complexity index is 1160. The average molecular weight is 396 g/mol. The number of hydrogen-bond acceptors (Lipinski definition) is 3. The van der Waals surface area contributed by atoms with Gasteiger partial charge in [-0.15, -0.1) is 11.3 Å². The normalized spacial score (nSPS) is 11.1. The topological polar surface area (TPSA) is 46.9 Å². The Morgan fingerprint density at radius 2 is 1.81 bits per heavy atom. The highest BCUT2D eigenvalue weighted by Crippen LogP contribution is 2.34. The van der Waals surface area contributed by atoms with Gasteiger partial charge in [-0.05, 0) is 55.3 Å². The molecule has 0 aliphatic rings. The molecule has 4 aromatic rings. The molecule has 0 aliphatic carbocycles. The van der Waals surface area contributed by atoms with Crippen LogP contribution in [0.3, 0.4) is 0 Å². The Morgan fingerprint density at radius 3 is 2.52 bits per heavy atom. The molecule has 4 nitrogen and oxygen atoms in total. The minimum absolute atomic E-state index is 0.110. The van der Waals surface area contributed by atoms with Gasteiger partial charge in [-0.25, -0.2) is 0 Å². The van der Waals surface area contributed by atoms with Gasteiger partial charge in [-0.1, -0.05) is 29.8 Å². The molecule has 1 amide bonds. The quantitative estimate of drug-likeness (QED) is 0.474. The number of halogens is 1. The second-order valence-electron chi connectivity index (χ2n) is 6.56. The van der Waals surface area contributed by atoms with E-state index in [1.807, 2.05) is 67.2 Å². The summed E-state index contributed by atoms with van der Waals surface area (Å²) in [6.45, 7) is 4.09. The zero-order chi connectivity index (χ0) is 19.1. The first kappa shape index (κ1) is 17.8. The van der Waals surface area contributed by atoms with Gasteiger partial charge in [0.1, 0.15) is 10.5 Å². The molecule has 2 aromatic heterocycles. The van der Waals surface area contributed by atoms with E-state index in [2.05, 4.69) is 17.3 Å². The fourth-order valence-electron chi connectivity index (χ4n) is 2.99. The SMILES string of the molecule is Cc1ccc(NC(=O)c2cc3c(-c4ccc(Cl)cc4)nn(C)c3s2)cc1C. The van der Waals surface area contributed by atoms with E-state index in [0.29, 0.717) is 9.90 Å². The third-order valence-electron chi connectivity index (χ3n) is 4.62. The second-order valence-corrected chi connectivity index (χ2v) is 8.03. The molecule has 27 heavy (non-hydrogen) atoms. The summed E-state index contributed by atoms with van der Waals surface area (Å²) in [5, 5.41) is 9.25. The zero-order valence-corrected chi connectivity index (χ0v) is 16.8. The van der Waals surface area contributed by atoms with Crippen LogP contribution in [0.1, 0.15) is 20.8 Å². The highest BCUT2D eigenvalue weighted by atomic mass is 35.5. The van der Waals surface area contributed by atoms with E-state index in [4.69, 9.17) is 11.6 Å². The number of thiophene rings is 1. The van der Waals surface area contributed by atoms with Crippen LogP contribution >= 0.6 is 22.9 Å². The fourth-order valence-corrected chi connectivity index (χ4v) is 4.08. The van der Waals surface area contributed by atoms with Crippen molar-refractivity contribution >= 4 is 44.7 Å². The number of carbonyl (C=O) groups is 1. The van der Waals surface area contributed by atoms with Gasteiger partial charge in [0.2, 0.25) is 0 Å². The minimum Gasteiger partial charge on any atom is -0.321 e. The van der Waals surface area contributed by atoms with Gasteiger partial charge in [0.05, 0.1) is 4.88 Å². The van der Waals surface area contributed by atoms with Crippen LogP contribution in [0.4, 0.5) is 5.69 Å². The van der Waals surface area contributed by atoms with Crippen LogP contribution in [0.2, 0.25) is 5.02 Å². The Morgan fingerprint density at radius 1 is 1.07 bits per heavy atom. The molecule has 0 atom stereocenters. The van der Waals surface area contributed by atoms with E-state index in [1.165, 1.54) is 16.9 Å². The maximum atomic E-state index is 12.7. The van der Waals surface area contributed by atoms with Crippen molar-refractivity contribution in [2.45, 2.75) is 13.8 Å². The maximum absolute atomic E-state index is 12.7. The smallest absolute Gasteiger partial charge is 0.265 e. The molecule has 0 bridgehead atoms. The summed E-state index contributed by atoms with van der Waals surface area (Å²) < 4.78 is 1.82. The van der Waals surface area contributed by atoms with E-state index in [0.717, 1.165) is 32.7 Å². The maximum Gasteiger partial charge on any atom is 0.265 e. The number of amides is 1. The largest absolute Gasteiger partial charge is 0.321 e. The van der Waals surface area contributed by atoms with Crippen LogP contribution in [-0.2, 0) is 7.05 Å². The van der Waals surface area contributed by atoms with E-state index in [1.54, 1.807) is 0 Å². The number of hydrogen-bond donors (Lipinski definition) is 1. The lowest BCUT2D eigenvalue weighted by atomic mass is 10.1. The summed E-state index contributed by atoms with van der Waals surface area (Å²) in [7, 11) is 1.89. The van der Waals surface area contributed by atoms with E-state index < -0.39 is 0 Å². The van der Waals surface area contributed by atoms with Crippen LogP contribution in [-0.4, -0.2) is 15.7 Å². The lowest BCUT2D eigenvalue weighted by Crippen LogP contribution is -2.10. The van der Waals surface area contributed by atoms with Gasteiger partial charge < -0.3 is 5.32 Å². The predicted octanol–water partition coefficient (Wildman–Crippen LogP) is 5.82. The molecule has 0 aliphatic heterocycles. The molecule has 136 valence electrons. The number of aromatic nitrogens is 2. The van der Waals surface area contributed by atoms with Crippen molar-refractivity contribution in [1.29, 1.82) is 0 Å². The number of fused-ring (bicyclic) bond motifs is 1. The molecule has 0 radical (unpaired) electrons. The van der Waals surface area contributed by atoms with E-state index in [-0.39, 0.29) is 5.91 Å². The van der Waals surface area contributed by atoms with Crippen molar-refractivity contribution in [3.63, 3.8) is 0 Å². The highest BCUT2D eigenvalue weighted by Gasteiger charge is 2.18. The van der Waals surface area contributed by atoms with Crippen LogP contribution < -0.4 is 5.32 Å². The van der Waals surface area contributed by atoms with Crippen molar-refractivity contribution in [3.05, 3.63) is 69.6 Å². The van der Waals surface area contributed by atoms with Crippen LogP contribution in [0.5, 0.6) is 0 Å². The molecular weight excluding hydrogens is 378 g/mol. The van der Waals surface area contributed by atoms with Gasteiger partial charge in [-0.3, -0.25) is 9.48 Å². The number of benzene rings is 2. The molecule has 0 saturated heterocycles. The third-order valence-corrected chi connectivity index (χ3v) is 6.07. The van der Waals surface area contributed by atoms with Gasteiger partial charge in [0.15, 0.2) is 0 Å². The summed E-state index contributed by atoms with van der Waals surface area (Å²) >= 11 is 7.43. The van der Waals surface area contributed by atoms with Crippen LogP contribution in [0.25, 0.3) is 21.5 Å². The van der Waals surface area contributed by atoms with Crippen molar-refractivity contribution in [2.75, 3.05) is 5.32 Å². The van der Waals surface area contributed by atoms with E-state index in [9.17, 15) is 4.79 Å². The molecule has 6 heteroatoms. The van der Waals surface area contributed by atoms with Gasteiger partial charge in [0, 0.05) is 28.7 Å². The number of carbonyl (C=O) groups excluding carboxylic acids is 1. The van der Waals surface area contributed by atoms with Gasteiger partial charge in [-0.2, -0.15) is 5.10 Å². The number of nitrogens with zero attached hydrogens (tertiary/aromatic N) is 2. The zero-order valence-electron chi connectivity index (χ0n) is 15.2. The number of rotatable bonds is 3. The number of aryl methyl sites for hydroxylation is 3. The van der Waals surface area contributed by atoms with Crippen molar-refractivity contribution in [1.82, 2.24) is 9.78 Å². The lowest BCUT2D eigenvalue weighted by molar-refractivity contribution is 0.103. The molecule has 4 rings (SSSR count). The highest BCUT2D eigenvalue weighted by molar-refractivity contribution is 7.20. The second kappa shape index (κ2) is 6.83. The minimum atomic E-state index is -0.110. The molecule has 2 aromatic carbocycles.